The quantitative estimate of drug-likeness (QED) is 0.620. The Morgan fingerprint density at radius 2 is 1.92 bits per heavy atom. The van der Waals surface area contributed by atoms with E-state index in [0.717, 1.165) is 0 Å². The van der Waals surface area contributed by atoms with E-state index in [2.05, 4.69) is 0 Å². The molecular formula is C8H19NO3S. The van der Waals surface area contributed by atoms with E-state index in [1.807, 2.05) is 13.8 Å². The van der Waals surface area contributed by atoms with Crippen molar-refractivity contribution in [1.82, 2.24) is 4.31 Å². The van der Waals surface area contributed by atoms with Gasteiger partial charge in [-0.3, -0.25) is 0 Å². The monoisotopic (exact) mass is 209 g/mol. The molecule has 0 amide bonds. The Kier molecular flexibility index (Phi) is 6.28. The molecule has 0 atom stereocenters. The van der Waals surface area contributed by atoms with E-state index in [1.54, 1.807) is 7.11 Å². The molecule has 80 valence electrons. The maximum Gasteiger partial charge on any atom is 0.214 e. The van der Waals surface area contributed by atoms with E-state index in [1.165, 1.54) is 4.31 Å². The average Bonchev–Trinajstić information content (AvgIpc) is 2.05. The fourth-order valence-corrected chi connectivity index (χ4v) is 2.59. The molecule has 0 aromatic carbocycles. The van der Waals surface area contributed by atoms with Crippen LogP contribution >= 0.6 is 0 Å². The van der Waals surface area contributed by atoms with Gasteiger partial charge in [0.1, 0.15) is 0 Å². The first-order valence-corrected chi connectivity index (χ1v) is 6.16. The van der Waals surface area contributed by atoms with Gasteiger partial charge in [-0.1, -0.05) is 13.8 Å². The van der Waals surface area contributed by atoms with Gasteiger partial charge in [0.15, 0.2) is 0 Å². The standard InChI is InChI=1S/C8H19NO3S/c1-4-8-13(10,11)9(5-2)6-7-12-3/h4-8H2,1-3H3. The fourth-order valence-electron chi connectivity index (χ4n) is 1.07. The van der Waals surface area contributed by atoms with Crippen LogP contribution in [0.25, 0.3) is 0 Å². The number of ether oxygens (including phenoxy) is 1. The van der Waals surface area contributed by atoms with E-state index in [0.29, 0.717) is 26.1 Å². The van der Waals surface area contributed by atoms with E-state index in [4.69, 9.17) is 4.74 Å². The normalized spacial score (nSPS) is 12.3. The van der Waals surface area contributed by atoms with Crippen LogP contribution in [0.5, 0.6) is 0 Å². The number of methoxy groups -OCH3 is 1. The third-order valence-electron chi connectivity index (χ3n) is 1.75. The third kappa shape index (κ3) is 4.59. The summed E-state index contributed by atoms with van der Waals surface area (Å²) >= 11 is 0. The lowest BCUT2D eigenvalue weighted by Crippen LogP contribution is -2.35. The highest BCUT2D eigenvalue weighted by atomic mass is 32.2. The topological polar surface area (TPSA) is 46.6 Å². The Bertz CT molecular complexity index is 213. The largest absolute Gasteiger partial charge is 0.383 e. The van der Waals surface area contributed by atoms with Crippen LogP contribution < -0.4 is 0 Å². The molecule has 0 aromatic rings. The average molecular weight is 209 g/mol. The molecule has 0 aliphatic heterocycles. The molecule has 0 saturated heterocycles. The highest BCUT2D eigenvalue weighted by Crippen LogP contribution is 2.02. The van der Waals surface area contributed by atoms with Crippen LogP contribution in [0.2, 0.25) is 0 Å². The van der Waals surface area contributed by atoms with E-state index < -0.39 is 10.0 Å². The molecular weight excluding hydrogens is 190 g/mol. The van der Waals surface area contributed by atoms with Crippen LogP contribution in [0.3, 0.4) is 0 Å². The van der Waals surface area contributed by atoms with Crippen molar-refractivity contribution in [3.8, 4) is 0 Å². The number of nitrogens with zero attached hydrogens (tertiary/aromatic N) is 1. The van der Waals surface area contributed by atoms with Crippen molar-refractivity contribution in [3.63, 3.8) is 0 Å². The first-order chi connectivity index (χ1) is 6.08. The maximum absolute atomic E-state index is 11.5. The van der Waals surface area contributed by atoms with Crippen molar-refractivity contribution >= 4 is 10.0 Å². The van der Waals surface area contributed by atoms with Crippen molar-refractivity contribution in [2.45, 2.75) is 20.3 Å². The number of rotatable bonds is 7. The van der Waals surface area contributed by atoms with Gasteiger partial charge in [-0.15, -0.1) is 0 Å². The minimum absolute atomic E-state index is 0.227. The molecule has 0 unspecified atom stereocenters. The predicted molar refractivity (Wildman–Crippen MR) is 53.2 cm³/mol. The van der Waals surface area contributed by atoms with Crippen molar-refractivity contribution in [2.24, 2.45) is 0 Å². The first-order valence-electron chi connectivity index (χ1n) is 4.55. The molecule has 0 bridgehead atoms. The van der Waals surface area contributed by atoms with E-state index in [9.17, 15) is 8.42 Å². The SMILES string of the molecule is CCCS(=O)(=O)N(CC)CCOC. The summed E-state index contributed by atoms with van der Waals surface area (Å²) < 4.78 is 29.4. The lowest BCUT2D eigenvalue weighted by molar-refractivity contribution is 0.180. The molecule has 0 N–H and O–H groups in total. The van der Waals surface area contributed by atoms with Gasteiger partial charge in [-0.25, -0.2) is 8.42 Å². The fraction of sp³-hybridized carbons (Fsp3) is 1.00. The molecule has 0 heterocycles. The minimum atomic E-state index is -3.04. The van der Waals surface area contributed by atoms with Crippen LogP contribution in [-0.4, -0.2) is 45.3 Å². The summed E-state index contributed by atoms with van der Waals surface area (Å²) in [6.45, 7) is 5.13. The zero-order valence-electron chi connectivity index (χ0n) is 8.62. The summed E-state index contributed by atoms with van der Waals surface area (Å²) in [5.74, 6) is 0.227. The Balaban J connectivity index is 4.20. The van der Waals surface area contributed by atoms with Gasteiger partial charge in [0.2, 0.25) is 10.0 Å². The lowest BCUT2D eigenvalue weighted by Gasteiger charge is -2.19. The Hall–Kier alpha value is -0.130. The summed E-state index contributed by atoms with van der Waals surface area (Å²) in [7, 11) is -1.47. The number of likely N-dealkylation sites (N-methyl/N-ethyl adjacent to an activating group) is 1. The molecule has 4 nitrogen and oxygen atoms in total. The van der Waals surface area contributed by atoms with Gasteiger partial charge >= 0.3 is 0 Å². The van der Waals surface area contributed by atoms with Gasteiger partial charge in [0.25, 0.3) is 0 Å². The van der Waals surface area contributed by atoms with Crippen molar-refractivity contribution in [3.05, 3.63) is 0 Å². The van der Waals surface area contributed by atoms with E-state index in [-0.39, 0.29) is 5.75 Å². The molecule has 0 aromatic heterocycles. The summed E-state index contributed by atoms with van der Waals surface area (Å²) in [5, 5.41) is 0. The van der Waals surface area contributed by atoms with E-state index >= 15 is 0 Å². The van der Waals surface area contributed by atoms with Crippen LogP contribution in [0.4, 0.5) is 0 Å². The Morgan fingerprint density at radius 1 is 1.31 bits per heavy atom. The molecule has 0 saturated carbocycles. The second-order valence-corrected chi connectivity index (χ2v) is 4.89. The van der Waals surface area contributed by atoms with Gasteiger partial charge < -0.3 is 4.74 Å². The van der Waals surface area contributed by atoms with Crippen LogP contribution in [0.1, 0.15) is 20.3 Å². The van der Waals surface area contributed by atoms with Gasteiger partial charge in [-0.05, 0) is 6.42 Å². The predicted octanol–water partition coefficient (Wildman–Crippen LogP) is 0.695. The van der Waals surface area contributed by atoms with Crippen LogP contribution in [0, 0.1) is 0 Å². The molecule has 0 aliphatic carbocycles. The Morgan fingerprint density at radius 3 is 2.31 bits per heavy atom. The number of hydrogen-bond acceptors (Lipinski definition) is 3. The highest BCUT2D eigenvalue weighted by molar-refractivity contribution is 7.89. The number of hydrogen-bond donors (Lipinski definition) is 0. The first kappa shape index (κ1) is 12.9. The van der Waals surface area contributed by atoms with Crippen LogP contribution in [0.15, 0.2) is 0 Å². The van der Waals surface area contributed by atoms with Crippen molar-refractivity contribution in [1.29, 1.82) is 0 Å². The Labute approximate surface area is 80.9 Å². The summed E-state index contributed by atoms with van der Waals surface area (Å²) in [4.78, 5) is 0. The molecule has 0 aliphatic rings. The second-order valence-electron chi connectivity index (χ2n) is 2.80. The summed E-state index contributed by atoms with van der Waals surface area (Å²) in [6.07, 6.45) is 0.659. The number of sulfonamides is 1. The molecule has 5 heteroatoms. The lowest BCUT2D eigenvalue weighted by atomic mass is 10.6. The smallest absolute Gasteiger partial charge is 0.214 e. The van der Waals surface area contributed by atoms with Crippen molar-refractivity contribution < 1.29 is 13.2 Å². The molecule has 13 heavy (non-hydrogen) atoms. The zero-order chi connectivity index (χ0) is 10.3. The molecule has 0 rings (SSSR count). The summed E-state index contributed by atoms with van der Waals surface area (Å²) in [5.41, 5.74) is 0. The minimum Gasteiger partial charge on any atom is -0.383 e. The maximum atomic E-state index is 11.5. The third-order valence-corrected chi connectivity index (χ3v) is 3.90. The zero-order valence-corrected chi connectivity index (χ0v) is 9.43. The van der Waals surface area contributed by atoms with Gasteiger partial charge in [0, 0.05) is 20.2 Å². The summed E-state index contributed by atoms with van der Waals surface area (Å²) in [6, 6.07) is 0. The molecule has 0 spiro atoms. The molecule has 0 radical (unpaired) electrons. The van der Waals surface area contributed by atoms with Gasteiger partial charge in [0.05, 0.1) is 12.4 Å². The van der Waals surface area contributed by atoms with Gasteiger partial charge in [-0.2, -0.15) is 4.31 Å². The second kappa shape index (κ2) is 6.34. The van der Waals surface area contributed by atoms with Crippen LogP contribution in [-0.2, 0) is 14.8 Å². The van der Waals surface area contributed by atoms with Crippen molar-refractivity contribution in [2.75, 3.05) is 32.6 Å². The molecule has 0 fully saturated rings. The highest BCUT2D eigenvalue weighted by Gasteiger charge is 2.18.